The predicted octanol–water partition coefficient (Wildman–Crippen LogP) is 1.97. The zero-order valence-corrected chi connectivity index (χ0v) is 16.6. The number of primary amides is 1. The Labute approximate surface area is 171 Å². The molecule has 2 N–H and O–H groups in total. The third-order valence-corrected chi connectivity index (χ3v) is 6.09. The van der Waals surface area contributed by atoms with Gasteiger partial charge < -0.3 is 10.3 Å². The molecule has 0 aliphatic carbocycles. The van der Waals surface area contributed by atoms with Crippen molar-refractivity contribution in [3.05, 3.63) is 29.6 Å². The molecular formula is C16H13F5N6O3S. The first-order valence-corrected chi connectivity index (χ1v) is 10.0. The van der Waals surface area contributed by atoms with Crippen LogP contribution in [0.5, 0.6) is 0 Å². The van der Waals surface area contributed by atoms with Crippen molar-refractivity contribution in [3.8, 4) is 11.5 Å². The molecule has 3 rings (SSSR count). The van der Waals surface area contributed by atoms with Crippen molar-refractivity contribution >= 4 is 26.9 Å². The lowest BCUT2D eigenvalue weighted by Gasteiger charge is -2.17. The summed E-state index contributed by atoms with van der Waals surface area (Å²) < 4.78 is 91.2. The first-order valence-electron chi connectivity index (χ1n) is 8.40. The Bertz CT molecular complexity index is 1300. The molecule has 0 fully saturated rings. The highest BCUT2D eigenvalue weighted by molar-refractivity contribution is 7.91. The van der Waals surface area contributed by atoms with Crippen molar-refractivity contribution in [3.63, 3.8) is 0 Å². The number of aryl methyl sites for hydroxylation is 1. The summed E-state index contributed by atoms with van der Waals surface area (Å²) in [7, 11) is -2.60. The quantitative estimate of drug-likeness (QED) is 0.571. The second-order valence-corrected chi connectivity index (χ2v) is 8.56. The van der Waals surface area contributed by atoms with Gasteiger partial charge in [-0.3, -0.25) is 4.79 Å². The maximum atomic E-state index is 13.6. The monoisotopic (exact) mass is 464 g/mol. The van der Waals surface area contributed by atoms with E-state index in [0.717, 1.165) is 16.7 Å². The highest BCUT2D eigenvalue weighted by Crippen LogP contribution is 2.43. The molecule has 0 spiro atoms. The minimum Gasteiger partial charge on any atom is -0.364 e. The number of carbonyl (C=O) groups excluding carboxylic acids is 1. The average molecular weight is 464 g/mol. The molecular weight excluding hydrogens is 451 g/mol. The fraction of sp³-hybridized carbons (Fsp3) is 0.312. The molecule has 3 heterocycles. The van der Waals surface area contributed by atoms with E-state index in [-0.39, 0.29) is 33.5 Å². The number of pyridine rings is 1. The Morgan fingerprint density at radius 3 is 2.32 bits per heavy atom. The van der Waals surface area contributed by atoms with Crippen LogP contribution in [0.2, 0.25) is 0 Å². The fourth-order valence-corrected chi connectivity index (χ4v) is 3.66. The summed E-state index contributed by atoms with van der Waals surface area (Å²) >= 11 is 0. The van der Waals surface area contributed by atoms with E-state index in [9.17, 15) is 35.2 Å². The van der Waals surface area contributed by atoms with Crippen LogP contribution >= 0.6 is 0 Å². The van der Waals surface area contributed by atoms with Gasteiger partial charge in [-0.15, -0.1) is 10.2 Å². The first kappa shape index (κ1) is 22.5. The van der Waals surface area contributed by atoms with Crippen molar-refractivity contribution in [2.24, 2.45) is 12.8 Å². The van der Waals surface area contributed by atoms with Gasteiger partial charge in [0, 0.05) is 7.05 Å². The molecule has 0 saturated heterocycles. The molecule has 0 saturated carbocycles. The zero-order valence-electron chi connectivity index (χ0n) is 15.8. The smallest absolute Gasteiger partial charge is 0.364 e. The number of halogens is 5. The summed E-state index contributed by atoms with van der Waals surface area (Å²) in [5.41, 5.74) is 2.21. The highest BCUT2D eigenvalue weighted by atomic mass is 32.2. The number of nitrogens with two attached hydrogens (primary N) is 1. The largest absolute Gasteiger partial charge is 0.459 e. The summed E-state index contributed by atoms with van der Waals surface area (Å²) in [5, 5.41) is 6.33. The zero-order chi connectivity index (χ0) is 23.4. The normalized spacial score (nSPS) is 13.0. The SMILES string of the molecule is CCS(=O)(=O)c1ccc(C(N)=O)nc1-c1nc2cc(C(F)(F)C(F)(F)F)nnc2n1C. The number of amides is 1. The van der Waals surface area contributed by atoms with Crippen molar-refractivity contribution in [1.29, 1.82) is 0 Å². The molecule has 15 heteroatoms. The maximum Gasteiger partial charge on any atom is 0.459 e. The van der Waals surface area contributed by atoms with Crippen LogP contribution in [0.3, 0.4) is 0 Å². The fourth-order valence-electron chi connectivity index (χ4n) is 2.65. The van der Waals surface area contributed by atoms with E-state index >= 15 is 0 Å². The van der Waals surface area contributed by atoms with Gasteiger partial charge in [0.2, 0.25) is 0 Å². The van der Waals surface area contributed by atoms with E-state index in [2.05, 4.69) is 20.2 Å². The lowest BCUT2D eigenvalue weighted by molar-refractivity contribution is -0.291. The second-order valence-electron chi connectivity index (χ2n) is 6.32. The molecule has 0 aromatic carbocycles. The third-order valence-electron chi connectivity index (χ3n) is 4.33. The summed E-state index contributed by atoms with van der Waals surface area (Å²) in [6.07, 6.45) is -5.91. The van der Waals surface area contributed by atoms with Crippen LogP contribution in [-0.4, -0.2) is 51.0 Å². The number of hydrogen-bond donors (Lipinski definition) is 1. The molecule has 0 bridgehead atoms. The number of carbonyl (C=O) groups is 1. The minimum absolute atomic E-state index is 0.220. The molecule has 0 aliphatic rings. The lowest BCUT2D eigenvalue weighted by Crippen LogP contribution is -2.34. The van der Waals surface area contributed by atoms with Gasteiger partial charge >= 0.3 is 12.1 Å². The molecule has 0 unspecified atom stereocenters. The van der Waals surface area contributed by atoms with Crippen molar-refractivity contribution in [2.75, 3.05) is 5.75 Å². The molecule has 0 aliphatic heterocycles. The van der Waals surface area contributed by atoms with Crippen LogP contribution in [0, 0.1) is 0 Å². The van der Waals surface area contributed by atoms with Gasteiger partial charge in [0.15, 0.2) is 21.3 Å². The van der Waals surface area contributed by atoms with E-state index in [4.69, 9.17) is 5.73 Å². The van der Waals surface area contributed by atoms with Gasteiger partial charge in [0.25, 0.3) is 5.91 Å². The van der Waals surface area contributed by atoms with E-state index in [1.165, 1.54) is 14.0 Å². The molecule has 9 nitrogen and oxygen atoms in total. The number of hydrogen-bond acceptors (Lipinski definition) is 7. The number of fused-ring (bicyclic) bond motifs is 1. The Morgan fingerprint density at radius 2 is 1.77 bits per heavy atom. The predicted molar refractivity (Wildman–Crippen MR) is 95.7 cm³/mol. The molecule has 31 heavy (non-hydrogen) atoms. The minimum atomic E-state index is -5.91. The topological polar surface area (TPSA) is 134 Å². The Kier molecular flexibility index (Phi) is 5.20. The van der Waals surface area contributed by atoms with Crippen LogP contribution in [0.15, 0.2) is 23.1 Å². The van der Waals surface area contributed by atoms with Gasteiger partial charge in [-0.05, 0) is 18.2 Å². The lowest BCUT2D eigenvalue weighted by atomic mass is 10.2. The van der Waals surface area contributed by atoms with Gasteiger partial charge in [0.1, 0.15) is 22.6 Å². The average Bonchev–Trinajstić information content (AvgIpc) is 3.02. The maximum absolute atomic E-state index is 13.6. The molecule has 0 radical (unpaired) electrons. The molecule has 166 valence electrons. The Balaban J connectivity index is 2.30. The van der Waals surface area contributed by atoms with Crippen molar-refractivity contribution < 1.29 is 35.2 Å². The summed E-state index contributed by atoms with van der Waals surface area (Å²) in [5.74, 6) is -6.87. The molecule has 1 amide bonds. The van der Waals surface area contributed by atoms with Crippen LogP contribution in [0.1, 0.15) is 23.1 Å². The van der Waals surface area contributed by atoms with Crippen molar-refractivity contribution in [1.82, 2.24) is 24.7 Å². The number of imidazole rings is 1. The molecule has 3 aromatic heterocycles. The summed E-state index contributed by atoms with van der Waals surface area (Å²) in [4.78, 5) is 19.0. The van der Waals surface area contributed by atoms with Crippen LogP contribution in [0.4, 0.5) is 22.0 Å². The van der Waals surface area contributed by atoms with Crippen LogP contribution < -0.4 is 5.73 Å². The Morgan fingerprint density at radius 1 is 1.13 bits per heavy atom. The summed E-state index contributed by atoms with van der Waals surface area (Å²) in [6, 6.07) is 2.56. The van der Waals surface area contributed by atoms with Crippen LogP contribution in [-0.2, 0) is 22.8 Å². The number of nitrogens with zero attached hydrogens (tertiary/aromatic N) is 5. The summed E-state index contributed by atoms with van der Waals surface area (Å²) in [6.45, 7) is 1.35. The number of alkyl halides is 5. The van der Waals surface area contributed by atoms with Gasteiger partial charge in [0.05, 0.1) is 10.6 Å². The van der Waals surface area contributed by atoms with Crippen molar-refractivity contribution in [2.45, 2.75) is 23.9 Å². The number of rotatable bonds is 5. The number of sulfone groups is 1. The van der Waals surface area contributed by atoms with E-state index in [0.29, 0.717) is 6.07 Å². The van der Waals surface area contributed by atoms with E-state index < -0.39 is 39.1 Å². The van der Waals surface area contributed by atoms with Gasteiger partial charge in [-0.2, -0.15) is 22.0 Å². The molecule has 3 aromatic rings. The van der Waals surface area contributed by atoms with Gasteiger partial charge in [-0.25, -0.2) is 18.4 Å². The second kappa shape index (κ2) is 7.18. The third kappa shape index (κ3) is 3.68. The highest BCUT2D eigenvalue weighted by Gasteiger charge is 2.60. The Hall–Kier alpha value is -3.23. The van der Waals surface area contributed by atoms with Crippen LogP contribution in [0.25, 0.3) is 22.7 Å². The standard InChI is InChI=1S/C16H13F5N6O3S/c1-3-31(29,30)9-5-4-7(12(22)28)23-11(9)14-24-8-6-10(15(17,18)16(19,20)21)25-26-13(8)27(14)2/h4-6H,3H2,1-2H3,(H2,22,28). The molecule has 0 atom stereocenters. The number of aromatic nitrogens is 5. The van der Waals surface area contributed by atoms with E-state index in [1.54, 1.807) is 0 Å². The van der Waals surface area contributed by atoms with Gasteiger partial charge in [-0.1, -0.05) is 6.92 Å². The first-order chi connectivity index (χ1) is 14.2. The van der Waals surface area contributed by atoms with E-state index in [1.807, 2.05) is 0 Å².